The van der Waals surface area contributed by atoms with Gasteiger partial charge in [0.2, 0.25) is 0 Å². The molecular formula is C7H14N2O3. The van der Waals surface area contributed by atoms with Gasteiger partial charge in [-0.15, -0.1) is 0 Å². The second-order valence-corrected chi connectivity index (χ2v) is 2.38. The molecule has 0 aliphatic carbocycles. The van der Waals surface area contributed by atoms with Gasteiger partial charge in [-0.2, -0.15) is 5.10 Å². The molecule has 0 radical (unpaired) electrons. The minimum absolute atomic E-state index is 0.0172. The monoisotopic (exact) mass is 174 g/mol. The Morgan fingerprint density at radius 1 is 1.58 bits per heavy atom. The molecule has 0 unspecified atom stereocenters. The van der Waals surface area contributed by atoms with Crippen LogP contribution in [0.4, 0.5) is 4.79 Å². The van der Waals surface area contributed by atoms with E-state index >= 15 is 0 Å². The number of hydrogen-bond donors (Lipinski definition) is 2. The van der Waals surface area contributed by atoms with E-state index in [0.717, 1.165) is 5.71 Å². The first kappa shape index (κ1) is 10.9. The molecule has 5 heteroatoms. The predicted octanol–water partition coefficient (Wildman–Crippen LogP) is 0.491. The molecule has 0 saturated heterocycles. The van der Waals surface area contributed by atoms with Crippen LogP contribution in [0.5, 0.6) is 0 Å². The molecule has 12 heavy (non-hydrogen) atoms. The molecule has 0 heterocycles. The Morgan fingerprint density at radius 3 is 2.75 bits per heavy atom. The van der Waals surface area contributed by atoms with Crippen molar-refractivity contribution >= 4 is 11.8 Å². The number of hydrogen-bond acceptors (Lipinski definition) is 4. The third kappa shape index (κ3) is 7.01. The van der Waals surface area contributed by atoms with Crippen molar-refractivity contribution in [1.29, 1.82) is 0 Å². The number of carbonyl (C=O) groups is 1. The molecule has 0 aliphatic rings. The molecule has 1 amide bonds. The van der Waals surface area contributed by atoms with E-state index in [0.29, 0.717) is 6.42 Å². The predicted molar refractivity (Wildman–Crippen MR) is 45.0 cm³/mol. The van der Waals surface area contributed by atoms with E-state index in [-0.39, 0.29) is 13.2 Å². The minimum Gasteiger partial charge on any atom is -0.448 e. The molecule has 0 aliphatic heterocycles. The van der Waals surface area contributed by atoms with Crippen LogP contribution < -0.4 is 5.43 Å². The first-order valence-electron chi connectivity index (χ1n) is 3.71. The Kier molecular flexibility index (Phi) is 6.00. The minimum atomic E-state index is -0.593. The smallest absolute Gasteiger partial charge is 0.427 e. The maximum atomic E-state index is 10.7. The Bertz CT molecular complexity index is 164. The van der Waals surface area contributed by atoms with Crippen LogP contribution in [0.2, 0.25) is 0 Å². The summed E-state index contributed by atoms with van der Waals surface area (Å²) >= 11 is 0. The fourth-order valence-corrected chi connectivity index (χ4v) is 0.419. The fraction of sp³-hybridized carbons (Fsp3) is 0.714. The Labute approximate surface area is 71.4 Å². The van der Waals surface area contributed by atoms with Gasteiger partial charge in [-0.1, -0.05) is 0 Å². The molecule has 0 fully saturated rings. The maximum absolute atomic E-state index is 10.7. The summed E-state index contributed by atoms with van der Waals surface area (Å²) in [5.41, 5.74) is 2.93. The molecule has 0 aromatic carbocycles. The highest BCUT2D eigenvalue weighted by molar-refractivity contribution is 5.80. The molecular weight excluding hydrogens is 160 g/mol. The zero-order valence-corrected chi connectivity index (χ0v) is 7.33. The van der Waals surface area contributed by atoms with Gasteiger partial charge in [0.1, 0.15) is 0 Å². The molecule has 0 saturated carbocycles. The average molecular weight is 174 g/mol. The van der Waals surface area contributed by atoms with Gasteiger partial charge in [0.25, 0.3) is 0 Å². The standard InChI is InChI=1S/C7H14N2O3/c1-6(2)8-9-7(11)12-5-3-4-10/h10H,3-5H2,1-2H3,(H,9,11). The van der Waals surface area contributed by atoms with Crippen LogP contribution in [-0.2, 0) is 4.74 Å². The van der Waals surface area contributed by atoms with Crippen molar-refractivity contribution < 1.29 is 14.6 Å². The summed E-state index contributed by atoms with van der Waals surface area (Å²) in [7, 11) is 0. The lowest BCUT2D eigenvalue weighted by atomic mass is 10.5. The van der Waals surface area contributed by atoms with Gasteiger partial charge in [-0.05, 0) is 13.8 Å². The maximum Gasteiger partial charge on any atom is 0.427 e. The van der Waals surface area contributed by atoms with Crippen molar-refractivity contribution in [3.05, 3.63) is 0 Å². The molecule has 2 N–H and O–H groups in total. The lowest BCUT2D eigenvalue weighted by Crippen LogP contribution is -2.20. The Balaban J connectivity index is 3.41. The summed E-state index contributed by atoms with van der Waals surface area (Å²) < 4.78 is 4.62. The third-order valence-corrected chi connectivity index (χ3v) is 0.906. The lowest BCUT2D eigenvalue weighted by molar-refractivity contribution is 0.136. The number of carbonyl (C=O) groups excluding carboxylic acids is 1. The normalized spacial score (nSPS) is 8.92. The van der Waals surface area contributed by atoms with Gasteiger partial charge in [-0.3, -0.25) is 0 Å². The zero-order valence-electron chi connectivity index (χ0n) is 7.33. The first-order valence-corrected chi connectivity index (χ1v) is 3.71. The van der Waals surface area contributed by atoms with Crippen LogP contribution in [0.15, 0.2) is 5.10 Å². The molecule has 70 valence electrons. The van der Waals surface area contributed by atoms with E-state index in [1.165, 1.54) is 0 Å². The van der Waals surface area contributed by atoms with Crippen molar-refractivity contribution in [2.45, 2.75) is 20.3 Å². The fourth-order valence-electron chi connectivity index (χ4n) is 0.419. The number of hydrazone groups is 1. The number of nitrogens with zero attached hydrogens (tertiary/aromatic N) is 1. The summed E-state index contributed by atoms with van der Waals surface area (Å²) in [5.74, 6) is 0. The van der Waals surface area contributed by atoms with Crippen LogP contribution in [0.1, 0.15) is 20.3 Å². The third-order valence-electron chi connectivity index (χ3n) is 0.906. The van der Waals surface area contributed by atoms with Crippen molar-refractivity contribution in [3.63, 3.8) is 0 Å². The van der Waals surface area contributed by atoms with Gasteiger partial charge in [-0.25, -0.2) is 10.2 Å². The van der Waals surface area contributed by atoms with Crippen LogP contribution in [0.25, 0.3) is 0 Å². The van der Waals surface area contributed by atoms with Crippen LogP contribution in [-0.4, -0.2) is 30.1 Å². The second kappa shape index (κ2) is 6.60. The van der Waals surface area contributed by atoms with Gasteiger partial charge in [0.05, 0.1) is 6.61 Å². The number of nitrogens with one attached hydrogen (secondary N) is 1. The van der Waals surface area contributed by atoms with Crippen molar-refractivity contribution in [2.24, 2.45) is 5.10 Å². The topological polar surface area (TPSA) is 70.9 Å². The molecule has 0 aromatic rings. The number of aliphatic hydroxyl groups excluding tert-OH is 1. The van der Waals surface area contributed by atoms with E-state index in [2.05, 4.69) is 15.3 Å². The molecule has 5 nitrogen and oxygen atoms in total. The molecule has 0 bridgehead atoms. The summed E-state index contributed by atoms with van der Waals surface area (Å²) in [4.78, 5) is 10.7. The van der Waals surface area contributed by atoms with Crippen LogP contribution >= 0.6 is 0 Å². The largest absolute Gasteiger partial charge is 0.448 e. The van der Waals surface area contributed by atoms with Crippen molar-refractivity contribution in [2.75, 3.05) is 13.2 Å². The van der Waals surface area contributed by atoms with Gasteiger partial charge in [0, 0.05) is 18.7 Å². The van der Waals surface area contributed by atoms with Gasteiger partial charge in [0.15, 0.2) is 0 Å². The van der Waals surface area contributed by atoms with E-state index in [1.807, 2.05) is 0 Å². The van der Waals surface area contributed by atoms with Crippen LogP contribution in [0.3, 0.4) is 0 Å². The molecule has 0 aromatic heterocycles. The highest BCUT2D eigenvalue weighted by atomic mass is 16.6. The second-order valence-electron chi connectivity index (χ2n) is 2.38. The van der Waals surface area contributed by atoms with E-state index < -0.39 is 6.09 Å². The summed E-state index contributed by atoms with van der Waals surface area (Å²) in [6.07, 6.45) is -0.146. The number of ether oxygens (including phenoxy) is 1. The van der Waals surface area contributed by atoms with Crippen molar-refractivity contribution in [1.82, 2.24) is 5.43 Å². The number of rotatable bonds is 4. The lowest BCUT2D eigenvalue weighted by Gasteiger charge is -2.01. The van der Waals surface area contributed by atoms with E-state index in [1.54, 1.807) is 13.8 Å². The van der Waals surface area contributed by atoms with Gasteiger partial charge >= 0.3 is 6.09 Å². The SMILES string of the molecule is CC(C)=NNC(=O)OCCCO. The molecule has 0 rings (SSSR count). The summed E-state index contributed by atoms with van der Waals surface area (Å²) in [5, 5.41) is 12.0. The summed E-state index contributed by atoms with van der Waals surface area (Å²) in [6, 6.07) is 0. The molecule has 0 spiro atoms. The molecule has 0 atom stereocenters. The van der Waals surface area contributed by atoms with Gasteiger partial charge < -0.3 is 9.84 Å². The average Bonchev–Trinajstić information content (AvgIpc) is 2.01. The van der Waals surface area contributed by atoms with Crippen LogP contribution in [0, 0.1) is 0 Å². The quantitative estimate of drug-likeness (QED) is 0.370. The van der Waals surface area contributed by atoms with E-state index in [9.17, 15) is 4.79 Å². The highest BCUT2D eigenvalue weighted by Gasteiger charge is 1.97. The number of aliphatic hydroxyl groups is 1. The first-order chi connectivity index (χ1) is 5.66. The summed E-state index contributed by atoms with van der Waals surface area (Å²) in [6.45, 7) is 3.74. The zero-order chi connectivity index (χ0) is 9.40. The highest BCUT2D eigenvalue weighted by Crippen LogP contribution is 1.82. The van der Waals surface area contributed by atoms with Crippen molar-refractivity contribution in [3.8, 4) is 0 Å². The van der Waals surface area contributed by atoms with E-state index in [4.69, 9.17) is 5.11 Å². The Hall–Kier alpha value is -1.10. The Morgan fingerprint density at radius 2 is 2.25 bits per heavy atom. The number of amides is 1.